The Balaban J connectivity index is 2.10. The molecule has 0 atom stereocenters. The van der Waals surface area contributed by atoms with E-state index in [1.54, 1.807) is 0 Å². The Labute approximate surface area is 129 Å². The molecule has 0 bridgehead atoms. The highest BCUT2D eigenvalue weighted by atomic mass is 15.3. The van der Waals surface area contributed by atoms with Crippen LogP contribution in [-0.2, 0) is 0 Å². The first kappa shape index (κ1) is 12.8. The Morgan fingerprint density at radius 2 is 1.41 bits per heavy atom. The van der Waals surface area contributed by atoms with Crippen molar-refractivity contribution < 1.29 is 0 Å². The van der Waals surface area contributed by atoms with Gasteiger partial charge in [0.25, 0.3) is 0 Å². The van der Waals surface area contributed by atoms with Crippen molar-refractivity contribution in [2.75, 3.05) is 0 Å². The van der Waals surface area contributed by atoms with Crippen LogP contribution < -0.4 is 0 Å². The second-order valence-corrected chi connectivity index (χ2v) is 5.43. The molecule has 0 aliphatic carbocycles. The zero-order valence-electron chi connectivity index (χ0n) is 12.4. The molecule has 4 aromatic rings. The minimum absolute atomic E-state index is 1.02. The number of benzene rings is 3. The summed E-state index contributed by atoms with van der Waals surface area (Å²) in [4.78, 5) is 0. The molecule has 0 unspecified atom stereocenters. The molecule has 0 radical (unpaired) electrons. The minimum Gasteiger partial charge on any atom is -0.232 e. The van der Waals surface area contributed by atoms with E-state index in [4.69, 9.17) is 5.10 Å². The summed E-state index contributed by atoms with van der Waals surface area (Å²) in [6, 6.07) is 27.1. The number of hydrogen-bond acceptors (Lipinski definition) is 1. The third kappa shape index (κ3) is 2.01. The highest BCUT2D eigenvalue weighted by molar-refractivity contribution is 5.94. The summed E-state index contributed by atoms with van der Waals surface area (Å²) in [6.07, 6.45) is 0. The Kier molecular flexibility index (Phi) is 3.01. The van der Waals surface area contributed by atoms with Gasteiger partial charge < -0.3 is 0 Å². The molecule has 0 saturated heterocycles. The second-order valence-electron chi connectivity index (χ2n) is 5.43. The highest BCUT2D eigenvalue weighted by Crippen LogP contribution is 2.32. The molecule has 0 aliphatic rings. The van der Waals surface area contributed by atoms with Gasteiger partial charge in [-0.05, 0) is 30.7 Å². The molecule has 0 saturated carbocycles. The smallest absolute Gasteiger partial charge is 0.0934 e. The Morgan fingerprint density at radius 3 is 2.23 bits per heavy atom. The third-order valence-electron chi connectivity index (χ3n) is 3.98. The van der Waals surface area contributed by atoms with E-state index in [1.165, 1.54) is 16.5 Å². The van der Waals surface area contributed by atoms with Gasteiger partial charge >= 0.3 is 0 Å². The van der Waals surface area contributed by atoms with Crippen LogP contribution in [0.1, 0.15) is 5.56 Å². The highest BCUT2D eigenvalue weighted by Gasteiger charge is 2.15. The average molecular weight is 284 g/mol. The summed E-state index contributed by atoms with van der Waals surface area (Å²) in [7, 11) is 0. The van der Waals surface area contributed by atoms with Crippen LogP contribution in [0.3, 0.4) is 0 Å². The van der Waals surface area contributed by atoms with E-state index in [0.717, 1.165) is 16.9 Å². The summed E-state index contributed by atoms with van der Waals surface area (Å²) < 4.78 is 2.05. The minimum atomic E-state index is 1.02. The predicted molar refractivity (Wildman–Crippen MR) is 91.2 cm³/mol. The van der Waals surface area contributed by atoms with Gasteiger partial charge in [0.1, 0.15) is 0 Å². The monoisotopic (exact) mass is 284 g/mol. The van der Waals surface area contributed by atoms with E-state index >= 15 is 0 Å². The molecular weight excluding hydrogens is 268 g/mol. The van der Waals surface area contributed by atoms with Crippen molar-refractivity contribution in [1.29, 1.82) is 0 Å². The van der Waals surface area contributed by atoms with Crippen LogP contribution in [0.2, 0.25) is 0 Å². The van der Waals surface area contributed by atoms with Crippen LogP contribution in [0.15, 0.2) is 78.9 Å². The van der Waals surface area contributed by atoms with Crippen molar-refractivity contribution in [3.05, 3.63) is 84.4 Å². The summed E-state index contributed by atoms with van der Waals surface area (Å²) in [6.45, 7) is 2.15. The van der Waals surface area contributed by atoms with Gasteiger partial charge in [-0.25, -0.2) is 4.68 Å². The van der Waals surface area contributed by atoms with Gasteiger partial charge in [0.05, 0.1) is 16.9 Å². The standard InChI is InChI=1S/C20H16N2/c1-15-9-5-6-12-17(15)20-18-13-7-8-14-19(18)21-22(20)16-10-3-2-4-11-16/h2-14H,1H3. The van der Waals surface area contributed by atoms with Crippen molar-refractivity contribution in [2.24, 2.45) is 0 Å². The molecular formula is C20H16N2. The number of fused-ring (bicyclic) bond motifs is 1. The molecule has 22 heavy (non-hydrogen) atoms. The van der Waals surface area contributed by atoms with Crippen LogP contribution in [0.4, 0.5) is 0 Å². The van der Waals surface area contributed by atoms with E-state index in [9.17, 15) is 0 Å². The number of hydrogen-bond donors (Lipinski definition) is 0. The molecule has 2 heteroatoms. The fourth-order valence-corrected chi connectivity index (χ4v) is 2.89. The summed E-state index contributed by atoms with van der Waals surface area (Å²) in [5.41, 5.74) is 5.73. The maximum Gasteiger partial charge on any atom is 0.0934 e. The van der Waals surface area contributed by atoms with Crippen molar-refractivity contribution in [3.8, 4) is 16.9 Å². The van der Waals surface area contributed by atoms with E-state index < -0.39 is 0 Å². The lowest BCUT2D eigenvalue weighted by Crippen LogP contribution is -1.99. The lowest BCUT2D eigenvalue weighted by Gasteiger charge is -2.10. The lowest BCUT2D eigenvalue weighted by molar-refractivity contribution is 0.903. The maximum absolute atomic E-state index is 4.82. The van der Waals surface area contributed by atoms with E-state index in [0.29, 0.717) is 0 Å². The molecule has 4 rings (SSSR count). The number of aromatic nitrogens is 2. The van der Waals surface area contributed by atoms with Crippen LogP contribution in [-0.4, -0.2) is 9.78 Å². The van der Waals surface area contributed by atoms with Crippen molar-refractivity contribution >= 4 is 10.9 Å². The van der Waals surface area contributed by atoms with Gasteiger partial charge in [0.15, 0.2) is 0 Å². The molecule has 0 fully saturated rings. The first-order chi connectivity index (χ1) is 10.8. The maximum atomic E-state index is 4.82. The van der Waals surface area contributed by atoms with Crippen LogP contribution in [0.25, 0.3) is 27.8 Å². The summed E-state index contributed by atoms with van der Waals surface area (Å²) in [5.74, 6) is 0. The molecule has 3 aromatic carbocycles. The quantitative estimate of drug-likeness (QED) is 0.506. The average Bonchev–Trinajstić information content (AvgIpc) is 2.95. The van der Waals surface area contributed by atoms with Gasteiger partial charge in [0.2, 0.25) is 0 Å². The second kappa shape index (κ2) is 5.15. The lowest BCUT2D eigenvalue weighted by atomic mass is 10.0. The number of nitrogens with zero attached hydrogens (tertiary/aromatic N) is 2. The molecule has 0 N–H and O–H groups in total. The molecule has 1 aromatic heterocycles. The molecule has 2 nitrogen and oxygen atoms in total. The molecule has 0 amide bonds. The third-order valence-corrected chi connectivity index (χ3v) is 3.98. The predicted octanol–water partition coefficient (Wildman–Crippen LogP) is 5.00. The molecule has 106 valence electrons. The van der Waals surface area contributed by atoms with E-state index in [-0.39, 0.29) is 0 Å². The van der Waals surface area contributed by atoms with Crippen LogP contribution in [0, 0.1) is 6.92 Å². The number of para-hydroxylation sites is 1. The van der Waals surface area contributed by atoms with Crippen molar-refractivity contribution in [3.63, 3.8) is 0 Å². The first-order valence-corrected chi connectivity index (χ1v) is 7.44. The summed E-state index contributed by atoms with van der Waals surface area (Å²) >= 11 is 0. The Hall–Kier alpha value is -2.87. The number of aryl methyl sites for hydroxylation is 1. The van der Waals surface area contributed by atoms with Crippen molar-refractivity contribution in [1.82, 2.24) is 9.78 Å². The van der Waals surface area contributed by atoms with E-state index in [1.807, 2.05) is 28.9 Å². The topological polar surface area (TPSA) is 17.8 Å². The van der Waals surface area contributed by atoms with Gasteiger partial charge in [-0.2, -0.15) is 5.10 Å². The summed E-state index contributed by atoms with van der Waals surface area (Å²) in [5, 5.41) is 6.00. The van der Waals surface area contributed by atoms with Gasteiger partial charge in [-0.15, -0.1) is 0 Å². The Bertz CT molecular complexity index is 936. The molecule has 1 heterocycles. The van der Waals surface area contributed by atoms with E-state index in [2.05, 4.69) is 61.5 Å². The Morgan fingerprint density at radius 1 is 0.727 bits per heavy atom. The zero-order chi connectivity index (χ0) is 14.9. The van der Waals surface area contributed by atoms with Crippen LogP contribution in [0.5, 0.6) is 0 Å². The zero-order valence-corrected chi connectivity index (χ0v) is 12.4. The van der Waals surface area contributed by atoms with Gasteiger partial charge in [0, 0.05) is 10.9 Å². The molecule has 0 spiro atoms. The first-order valence-electron chi connectivity index (χ1n) is 7.44. The fraction of sp³-hybridized carbons (Fsp3) is 0.0500. The van der Waals surface area contributed by atoms with Gasteiger partial charge in [-0.1, -0.05) is 60.7 Å². The fourth-order valence-electron chi connectivity index (χ4n) is 2.89. The van der Waals surface area contributed by atoms with Crippen molar-refractivity contribution in [2.45, 2.75) is 6.92 Å². The largest absolute Gasteiger partial charge is 0.232 e. The number of rotatable bonds is 2. The van der Waals surface area contributed by atoms with Gasteiger partial charge in [-0.3, -0.25) is 0 Å². The SMILES string of the molecule is Cc1ccccc1-c1c2ccccc2nn1-c1ccccc1. The normalized spacial score (nSPS) is 11.0. The molecule has 0 aliphatic heterocycles. The van der Waals surface area contributed by atoms with Crippen LogP contribution >= 0.6 is 0 Å².